The van der Waals surface area contributed by atoms with Crippen molar-refractivity contribution in [3.63, 3.8) is 0 Å². The Kier molecular flexibility index (Phi) is 7.42. The van der Waals surface area contributed by atoms with E-state index >= 15 is 0 Å². The summed E-state index contributed by atoms with van der Waals surface area (Å²) in [4.78, 5) is 11.9. The first-order valence-corrected chi connectivity index (χ1v) is 7.48. The van der Waals surface area contributed by atoms with Gasteiger partial charge < -0.3 is 20.5 Å². The van der Waals surface area contributed by atoms with Crippen LogP contribution in [0.5, 0.6) is 0 Å². The molecule has 3 N–H and O–H groups in total. The van der Waals surface area contributed by atoms with E-state index < -0.39 is 5.54 Å². The summed E-state index contributed by atoms with van der Waals surface area (Å²) in [6.45, 7) is 2.58. The van der Waals surface area contributed by atoms with Crippen LogP contribution in [-0.2, 0) is 9.53 Å². The molecule has 0 saturated heterocycles. The minimum absolute atomic E-state index is 0.0467. The third-order valence-electron chi connectivity index (χ3n) is 2.95. The van der Waals surface area contributed by atoms with Crippen molar-refractivity contribution >= 4 is 34.2 Å². The van der Waals surface area contributed by atoms with E-state index in [0.717, 1.165) is 9.26 Å². The fraction of sp³-hybridized carbons (Fsp3) is 0.500. The normalized spacial score (nSPS) is 13.8. The molecule has 1 amide bonds. The molecule has 0 fully saturated rings. The first-order chi connectivity index (χ1) is 9.50. The molecule has 5 nitrogen and oxygen atoms in total. The summed E-state index contributed by atoms with van der Waals surface area (Å²) >= 11 is 2.18. The Labute approximate surface area is 133 Å². The highest BCUT2D eigenvalue weighted by molar-refractivity contribution is 14.1. The predicted molar refractivity (Wildman–Crippen MR) is 87.8 cm³/mol. The Bertz CT molecular complexity index is 434. The molecular formula is C14H21IN2O3. The summed E-state index contributed by atoms with van der Waals surface area (Å²) in [6.07, 6.45) is 0.525. The van der Waals surface area contributed by atoms with Crippen LogP contribution in [0.4, 0.5) is 5.69 Å². The maximum atomic E-state index is 11.9. The second-order valence-corrected chi connectivity index (χ2v) is 6.01. The van der Waals surface area contributed by atoms with Crippen molar-refractivity contribution in [2.75, 3.05) is 32.2 Å². The summed E-state index contributed by atoms with van der Waals surface area (Å²) < 4.78 is 6.12. The molecule has 0 aliphatic carbocycles. The number of aliphatic hydroxyl groups excluding tert-OH is 1. The quantitative estimate of drug-likeness (QED) is 0.588. The third-order valence-corrected chi connectivity index (χ3v) is 3.89. The van der Waals surface area contributed by atoms with Crippen LogP contribution in [-0.4, -0.2) is 43.4 Å². The minimum atomic E-state index is -0.412. The Balaban J connectivity index is 2.52. The molecule has 0 spiro atoms. The van der Waals surface area contributed by atoms with Crippen LogP contribution in [0.1, 0.15) is 13.3 Å². The summed E-state index contributed by atoms with van der Waals surface area (Å²) in [5.74, 6) is -0.116. The van der Waals surface area contributed by atoms with Crippen LogP contribution in [0.3, 0.4) is 0 Å². The Morgan fingerprint density at radius 1 is 1.45 bits per heavy atom. The molecule has 1 atom stereocenters. The third kappa shape index (κ3) is 5.74. The van der Waals surface area contributed by atoms with Gasteiger partial charge in [0.1, 0.15) is 0 Å². The number of rotatable bonds is 8. The van der Waals surface area contributed by atoms with Crippen LogP contribution in [0.2, 0.25) is 0 Å². The zero-order valence-corrected chi connectivity index (χ0v) is 13.9. The number of anilines is 1. The zero-order valence-electron chi connectivity index (χ0n) is 11.8. The number of amides is 1. The highest BCUT2D eigenvalue weighted by atomic mass is 127. The second kappa shape index (κ2) is 8.56. The van der Waals surface area contributed by atoms with Gasteiger partial charge in [-0.1, -0.05) is 12.1 Å². The lowest BCUT2D eigenvalue weighted by Crippen LogP contribution is -2.49. The van der Waals surface area contributed by atoms with E-state index in [2.05, 4.69) is 33.2 Å². The summed E-state index contributed by atoms with van der Waals surface area (Å²) in [7, 11) is 1.60. The topological polar surface area (TPSA) is 70.6 Å². The molecule has 0 unspecified atom stereocenters. The van der Waals surface area contributed by atoms with E-state index in [9.17, 15) is 4.79 Å². The monoisotopic (exact) mass is 392 g/mol. The molecule has 1 aromatic rings. The van der Waals surface area contributed by atoms with E-state index in [1.807, 2.05) is 31.2 Å². The van der Waals surface area contributed by atoms with Crippen LogP contribution in [0, 0.1) is 3.57 Å². The Hall–Kier alpha value is -0.700. The lowest BCUT2D eigenvalue weighted by Gasteiger charge is -2.29. The standard InChI is InChI=1S/C14H21IN2O3/c1-14(7-8-18,10-20-2)16-9-13(19)17-12-6-4-3-5-11(12)15/h3-6,16,18H,7-10H2,1-2H3,(H,17,19)/t14-/m0/s1. The molecule has 112 valence electrons. The van der Waals surface area contributed by atoms with Gasteiger partial charge in [0.2, 0.25) is 5.91 Å². The lowest BCUT2D eigenvalue weighted by molar-refractivity contribution is -0.115. The number of carbonyl (C=O) groups excluding carboxylic acids is 1. The number of para-hydroxylation sites is 1. The zero-order chi connectivity index (χ0) is 15.0. The fourth-order valence-electron chi connectivity index (χ4n) is 1.83. The first kappa shape index (κ1) is 17.4. The van der Waals surface area contributed by atoms with Crippen LogP contribution in [0.25, 0.3) is 0 Å². The van der Waals surface area contributed by atoms with E-state index in [0.29, 0.717) is 13.0 Å². The van der Waals surface area contributed by atoms with Gasteiger partial charge >= 0.3 is 0 Å². The maximum absolute atomic E-state index is 11.9. The molecule has 0 bridgehead atoms. The van der Waals surface area contributed by atoms with Crippen molar-refractivity contribution < 1.29 is 14.6 Å². The number of hydrogen-bond acceptors (Lipinski definition) is 4. The summed E-state index contributed by atoms with van der Waals surface area (Å²) in [5.41, 5.74) is 0.389. The molecule has 0 aromatic heterocycles. The molecule has 20 heavy (non-hydrogen) atoms. The number of carbonyl (C=O) groups is 1. The number of nitrogens with one attached hydrogen (secondary N) is 2. The predicted octanol–water partition coefficient (Wildman–Crippen LogP) is 1.61. The van der Waals surface area contributed by atoms with Crippen molar-refractivity contribution in [2.45, 2.75) is 18.9 Å². The molecule has 0 heterocycles. The van der Waals surface area contributed by atoms with E-state index in [-0.39, 0.29) is 19.1 Å². The maximum Gasteiger partial charge on any atom is 0.238 e. The highest BCUT2D eigenvalue weighted by Gasteiger charge is 2.23. The van der Waals surface area contributed by atoms with Crippen molar-refractivity contribution in [1.82, 2.24) is 5.32 Å². The van der Waals surface area contributed by atoms with Crippen LogP contribution < -0.4 is 10.6 Å². The van der Waals surface area contributed by atoms with Gasteiger partial charge in [-0.3, -0.25) is 4.79 Å². The van der Waals surface area contributed by atoms with Crippen molar-refractivity contribution in [3.05, 3.63) is 27.8 Å². The van der Waals surface area contributed by atoms with Gasteiger partial charge in [0, 0.05) is 22.8 Å². The van der Waals surface area contributed by atoms with E-state index in [1.165, 1.54) is 0 Å². The molecule has 0 aliphatic rings. The van der Waals surface area contributed by atoms with Gasteiger partial charge in [-0.05, 0) is 48.1 Å². The number of methoxy groups -OCH3 is 1. The van der Waals surface area contributed by atoms with Gasteiger partial charge in [0.05, 0.1) is 18.8 Å². The number of benzene rings is 1. The first-order valence-electron chi connectivity index (χ1n) is 6.40. The number of aliphatic hydroxyl groups is 1. The van der Waals surface area contributed by atoms with Gasteiger partial charge in [0.15, 0.2) is 0 Å². The van der Waals surface area contributed by atoms with Crippen LogP contribution in [0.15, 0.2) is 24.3 Å². The molecule has 0 radical (unpaired) electrons. The molecule has 1 rings (SSSR count). The smallest absolute Gasteiger partial charge is 0.238 e. The van der Waals surface area contributed by atoms with Crippen molar-refractivity contribution in [3.8, 4) is 0 Å². The Morgan fingerprint density at radius 2 is 2.15 bits per heavy atom. The number of hydrogen-bond donors (Lipinski definition) is 3. The van der Waals surface area contributed by atoms with E-state index in [4.69, 9.17) is 9.84 Å². The highest BCUT2D eigenvalue weighted by Crippen LogP contribution is 2.16. The van der Waals surface area contributed by atoms with Gasteiger partial charge in [-0.15, -0.1) is 0 Å². The number of ether oxygens (including phenoxy) is 1. The largest absolute Gasteiger partial charge is 0.396 e. The molecule has 1 aromatic carbocycles. The van der Waals surface area contributed by atoms with Gasteiger partial charge in [-0.2, -0.15) is 0 Å². The second-order valence-electron chi connectivity index (χ2n) is 4.85. The van der Waals surface area contributed by atoms with Gasteiger partial charge in [-0.25, -0.2) is 0 Å². The van der Waals surface area contributed by atoms with Crippen molar-refractivity contribution in [1.29, 1.82) is 0 Å². The molecule has 0 aliphatic heterocycles. The average molecular weight is 392 g/mol. The molecular weight excluding hydrogens is 371 g/mol. The van der Waals surface area contributed by atoms with Crippen LogP contribution >= 0.6 is 22.6 Å². The average Bonchev–Trinajstić information content (AvgIpc) is 2.40. The summed E-state index contributed by atoms with van der Waals surface area (Å²) in [5, 5.41) is 15.1. The minimum Gasteiger partial charge on any atom is -0.396 e. The van der Waals surface area contributed by atoms with E-state index in [1.54, 1.807) is 7.11 Å². The Morgan fingerprint density at radius 3 is 2.75 bits per heavy atom. The SMILES string of the molecule is COC[C@](C)(CCO)NCC(=O)Nc1ccccc1I. The molecule has 6 heteroatoms. The fourth-order valence-corrected chi connectivity index (χ4v) is 2.35. The number of halogens is 1. The van der Waals surface area contributed by atoms with Crippen molar-refractivity contribution in [2.24, 2.45) is 0 Å². The van der Waals surface area contributed by atoms with Gasteiger partial charge in [0.25, 0.3) is 0 Å². The lowest BCUT2D eigenvalue weighted by atomic mass is 9.99. The summed E-state index contributed by atoms with van der Waals surface area (Å²) in [6, 6.07) is 7.60. The molecule has 0 saturated carbocycles.